The number of aromatic nitrogens is 2. The van der Waals surface area contributed by atoms with Gasteiger partial charge in [-0.3, -0.25) is 9.40 Å². The third-order valence-corrected chi connectivity index (χ3v) is 4.17. The quantitative estimate of drug-likeness (QED) is 0.876. The fourth-order valence-electron chi connectivity index (χ4n) is 1.69. The Bertz CT molecular complexity index is 692. The Kier molecular flexibility index (Phi) is 3.59. The van der Waals surface area contributed by atoms with E-state index in [2.05, 4.69) is 9.82 Å². The minimum atomic E-state index is -3.70. The average Bonchev–Trinajstić information content (AvgIpc) is 2.74. The van der Waals surface area contributed by atoms with Crippen molar-refractivity contribution in [3.63, 3.8) is 0 Å². The Morgan fingerprint density at radius 3 is 2.68 bits per heavy atom. The van der Waals surface area contributed by atoms with Gasteiger partial charge in [-0.25, -0.2) is 8.42 Å². The Labute approximate surface area is 111 Å². The molecule has 0 spiro atoms. The minimum Gasteiger partial charge on any atom is -0.392 e. The van der Waals surface area contributed by atoms with Crippen LogP contribution in [-0.2, 0) is 23.7 Å². The number of benzene rings is 1. The van der Waals surface area contributed by atoms with Gasteiger partial charge < -0.3 is 5.11 Å². The van der Waals surface area contributed by atoms with Crippen molar-refractivity contribution >= 4 is 15.8 Å². The van der Waals surface area contributed by atoms with Gasteiger partial charge in [0.2, 0.25) is 0 Å². The van der Waals surface area contributed by atoms with Crippen molar-refractivity contribution in [3.05, 3.63) is 41.6 Å². The number of hydrogen-bond donors (Lipinski definition) is 2. The number of anilines is 1. The lowest BCUT2D eigenvalue weighted by molar-refractivity contribution is 0.281. The highest BCUT2D eigenvalue weighted by atomic mass is 32.2. The first-order chi connectivity index (χ1) is 8.92. The first-order valence-corrected chi connectivity index (χ1v) is 7.13. The van der Waals surface area contributed by atoms with Gasteiger partial charge in [-0.2, -0.15) is 5.10 Å². The normalized spacial score (nSPS) is 11.5. The maximum Gasteiger partial charge on any atom is 0.263 e. The summed E-state index contributed by atoms with van der Waals surface area (Å²) in [6, 6.07) is 6.39. The second-order valence-corrected chi connectivity index (χ2v) is 5.89. The van der Waals surface area contributed by atoms with Gasteiger partial charge >= 0.3 is 0 Å². The van der Waals surface area contributed by atoms with Crippen molar-refractivity contribution in [1.82, 2.24) is 9.78 Å². The molecule has 0 amide bonds. The fourth-order valence-corrected chi connectivity index (χ4v) is 2.99. The molecule has 102 valence electrons. The monoisotopic (exact) mass is 281 g/mol. The zero-order valence-corrected chi connectivity index (χ0v) is 11.5. The highest BCUT2D eigenvalue weighted by Gasteiger charge is 2.18. The molecule has 0 saturated carbocycles. The molecule has 0 atom stereocenters. The summed E-state index contributed by atoms with van der Waals surface area (Å²) < 4.78 is 28.4. The molecule has 0 aliphatic carbocycles. The molecule has 0 unspecified atom stereocenters. The second kappa shape index (κ2) is 5.02. The zero-order valence-electron chi connectivity index (χ0n) is 10.7. The number of aliphatic hydroxyl groups excluding tert-OH is 1. The standard InChI is InChI=1S/C12H15N3O3S/c1-9-3-4-10(8-16)7-11(9)19(17,18)14-12-5-6-15(2)13-12/h3-7,16H,8H2,1-2H3,(H,13,14). The molecule has 2 N–H and O–H groups in total. The van der Waals surface area contributed by atoms with Crippen LogP contribution in [0, 0.1) is 6.92 Å². The van der Waals surface area contributed by atoms with Crippen molar-refractivity contribution in [2.24, 2.45) is 7.05 Å². The summed E-state index contributed by atoms with van der Waals surface area (Å²) in [6.07, 6.45) is 1.65. The van der Waals surface area contributed by atoms with Gasteiger partial charge in [0.25, 0.3) is 10.0 Å². The summed E-state index contributed by atoms with van der Waals surface area (Å²) in [5.74, 6) is 0.260. The molecule has 1 heterocycles. The van der Waals surface area contributed by atoms with Crippen LogP contribution in [0.5, 0.6) is 0 Å². The van der Waals surface area contributed by atoms with E-state index in [1.54, 1.807) is 38.4 Å². The summed E-state index contributed by atoms with van der Waals surface area (Å²) in [7, 11) is -2.00. The molecule has 1 aromatic carbocycles. The summed E-state index contributed by atoms with van der Waals surface area (Å²) in [5.41, 5.74) is 1.16. The number of aliphatic hydroxyl groups is 1. The third kappa shape index (κ3) is 2.94. The minimum absolute atomic E-state index is 0.143. The van der Waals surface area contributed by atoms with Crippen LogP contribution in [0.2, 0.25) is 0 Å². The predicted octanol–water partition coefficient (Wildman–Crippen LogP) is 1.02. The first-order valence-electron chi connectivity index (χ1n) is 5.65. The number of hydrogen-bond acceptors (Lipinski definition) is 4. The van der Waals surface area contributed by atoms with Gasteiger partial charge in [-0.15, -0.1) is 0 Å². The van der Waals surface area contributed by atoms with E-state index in [4.69, 9.17) is 5.11 Å². The zero-order chi connectivity index (χ0) is 14.0. The number of rotatable bonds is 4. The molecule has 2 rings (SSSR count). The molecule has 0 aliphatic heterocycles. The van der Waals surface area contributed by atoms with E-state index in [-0.39, 0.29) is 17.3 Å². The lowest BCUT2D eigenvalue weighted by Gasteiger charge is -2.09. The molecule has 19 heavy (non-hydrogen) atoms. The second-order valence-electron chi connectivity index (χ2n) is 4.24. The van der Waals surface area contributed by atoms with Crippen molar-refractivity contribution < 1.29 is 13.5 Å². The average molecular weight is 281 g/mol. The van der Waals surface area contributed by atoms with Gasteiger partial charge in [0.15, 0.2) is 5.82 Å². The van der Waals surface area contributed by atoms with Crippen molar-refractivity contribution in [3.8, 4) is 0 Å². The molecule has 0 radical (unpaired) electrons. The maximum atomic E-state index is 12.3. The van der Waals surface area contributed by atoms with Gasteiger partial charge in [-0.1, -0.05) is 12.1 Å². The molecular formula is C12H15N3O3S. The highest BCUT2D eigenvalue weighted by molar-refractivity contribution is 7.92. The van der Waals surface area contributed by atoms with Crippen molar-refractivity contribution in [2.45, 2.75) is 18.4 Å². The molecule has 2 aromatic rings. The summed E-state index contributed by atoms with van der Waals surface area (Å²) in [6.45, 7) is 1.50. The van der Waals surface area contributed by atoms with E-state index in [0.29, 0.717) is 11.1 Å². The fraction of sp³-hybridized carbons (Fsp3) is 0.250. The van der Waals surface area contributed by atoms with Crippen LogP contribution in [0.4, 0.5) is 5.82 Å². The number of aryl methyl sites for hydroxylation is 2. The van der Waals surface area contributed by atoms with Crippen LogP contribution in [0.15, 0.2) is 35.4 Å². The van der Waals surface area contributed by atoms with Gasteiger partial charge in [0.1, 0.15) is 0 Å². The number of nitrogens with zero attached hydrogens (tertiary/aromatic N) is 2. The molecule has 1 aromatic heterocycles. The van der Waals surface area contributed by atoms with Crippen LogP contribution in [0.3, 0.4) is 0 Å². The van der Waals surface area contributed by atoms with E-state index in [9.17, 15) is 8.42 Å². The summed E-state index contributed by atoms with van der Waals surface area (Å²) >= 11 is 0. The van der Waals surface area contributed by atoms with Crippen LogP contribution in [0.1, 0.15) is 11.1 Å². The third-order valence-electron chi connectivity index (χ3n) is 2.68. The summed E-state index contributed by atoms with van der Waals surface area (Å²) in [4.78, 5) is 0.143. The Balaban J connectivity index is 2.39. The van der Waals surface area contributed by atoms with Crippen molar-refractivity contribution in [2.75, 3.05) is 4.72 Å². The predicted molar refractivity (Wildman–Crippen MR) is 71.1 cm³/mol. The van der Waals surface area contributed by atoms with E-state index in [0.717, 1.165) is 0 Å². The molecular weight excluding hydrogens is 266 g/mol. The molecule has 7 heteroatoms. The van der Waals surface area contributed by atoms with Gasteiger partial charge in [-0.05, 0) is 24.1 Å². The Morgan fingerprint density at radius 2 is 2.11 bits per heavy atom. The van der Waals surface area contributed by atoms with Crippen LogP contribution in [-0.4, -0.2) is 23.3 Å². The van der Waals surface area contributed by atoms with Crippen LogP contribution < -0.4 is 4.72 Å². The summed E-state index contributed by atoms with van der Waals surface area (Å²) in [5, 5.41) is 13.1. The maximum absolute atomic E-state index is 12.3. The first kappa shape index (κ1) is 13.6. The van der Waals surface area contributed by atoms with Gasteiger partial charge in [0.05, 0.1) is 11.5 Å². The van der Waals surface area contributed by atoms with E-state index >= 15 is 0 Å². The lowest BCUT2D eigenvalue weighted by atomic mass is 10.2. The van der Waals surface area contributed by atoms with Crippen LogP contribution >= 0.6 is 0 Å². The smallest absolute Gasteiger partial charge is 0.263 e. The number of nitrogens with one attached hydrogen (secondary N) is 1. The molecule has 6 nitrogen and oxygen atoms in total. The van der Waals surface area contributed by atoms with E-state index < -0.39 is 10.0 Å². The Morgan fingerprint density at radius 1 is 1.37 bits per heavy atom. The lowest BCUT2D eigenvalue weighted by Crippen LogP contribution is -2.15. The molecule has 0 aliphatic rings. The van der Waals surface area contributed by atoms with Gasteiger partial charge in [0, 0.05) is 19.3 Å². The van der Waals surface area contributed by atoms with Crippen LogP contribution in [0.25, 0.3) is 0 Å². The van der Waals surface area contributed by atoms with E-state index in [1.807, 2.05) is 0 Å². The molecule has 0 saturated heterocycles. The topological polar surface area (TPSA) is 84.2 Å². The highest BCUT2D eigenvalue weighted by Crippen LogP contribution is 2.20. The largest absolute Gasteiger partial charge is 0.392 e. The SMILES string of the molecule is Cc1ccc(CO)cc1S(=O)(=O)Nc1ccn(C)n1. The molecule has 0 bridgehead atoms. The van der Waals surface area contributed by atoms with Crippen molar-refractivity contribution in [1.29, 1.82) is 0 Å². The Hall–Kier alpha value is -1.86. The van der Waals surface area contributed by atoms with E-state index in [1.165, 1.54) is 10.7 Å². The number of sulfonamides is 1. The molecule has 0 fully saturated rings.